The molecule has 0 amide bonds. The molecule has 0 aliphatic carbocycles. The van der Waals surface area contributed by atoms with E-state index in [1.54, 1.807) is 0 Å². The van der Waals surface area contributed by atoms with Crippen molar-refractivity contribution in [3.05, 3.63) is 35.4 Å². The molecule has 2 nitrogen and oxygen atoms in total. The number of benzene rings is 1. The molecule has 1 N–H and O–H groups in total. The van der Waals surface area contributed by atoms with Crippen LogP contribution < -0.4 is 0 Å². The van der Waals surface area contributed by atoms with Crippen molar-refractivity contribution in [2.45, 2.75) is 45.8 Å². The molecule has 0 saturated heterocycles. The van der Waals surface area contributed by atoms with E-state index < -0.39 is 0 Å². The first-order valence-corrected chi connectivity index (χ1v) is 6.50. The van der Waals surface area contributed by atoms with E-state index in [-0.39, 0.29) is 6.10 Å². The molecule has 1 aromatic rings. The van der Waals surface area contributed by atoms with Gasteiger partial charge in [0.1, 0.15) is 0 Å². The van der Waals surface area contributed by atoms with Crippen molar-refractivity contribution in [2.24, 2.45) is 0 Å². The largest absolute Gasteiger partial charge is 0.393 e. The minimum Gasteiger partial charge on any atom is -0.393 e. The number of aliphatic hydroxyl groups is 1. The van der Waals surface area contributed by atoms with Crippen LogP contribution in [-0.4, -0.2) is 29.7 Å². The molecule has 0 aliphatic rings. The number of rotatable bonds is 7. The summed E-state index contributed by atoms with van der Waals surface area (Å²) in [6.45, 7) is 6.10. The third kappa shape index (κ3) is 6.44. The monoisotopic (exact) mass is 235 g/mol. The van der Waals surface area contributed by atoms with Crippen LogP contribution >= 0.6 is 0 Å². The van der Waals surface area contributed by atoms with Gasteiger partial charge in [0.05, 0.1) is 6.10 Å². The average molecular weight is 235 g/mol. The van der Waals surface area contributed by atoms with Gasteiger partial charge in [0, 0.05) is 6.54 Å². The summed E-state index contributed by atoms with van der Waals surface area (Å²) in [7, 11) is 2.16. The molecular formula is C15H25NO. The van der Waals surface area contributed by atoms with Crippen LogP contribution in [0.5, 0.6) is 0 Å². The standard InChI is InChI=1S/C15H25NO/c1-13-7-6-9-15(11-13)12-16(3)10-5-4-8-14(2)17/h6-7,9,11,14,17H,4-5,8,10,12H2,1-3H3. The lowest BCUT2D eigenvalue weighted by atomic mass is 10.1. The highest BCUT2D eigenvalue weighted by atomic mass is 16.3. The Kier molecular flexibility index (Phi) is 6.23. The Morgan fingerprint density at radius 1 is 1.29 bits per heavy atom. The minimum absolute atomic E-state index is 0.155. The summed E-state index contributed by atoms with van der Waals surface area (Å²) in [4.78, 5) is 2.34. The molecule has 0 bridgehead atoms. The van der Waals surface area contributed by atoms with Crippen molar-refractivity contribution >= 4 is 0 Å². The van der Waals surface area contributed by atoms with E-state index in [2.05, 4.69) is 43.1 Å². The molecule has 17 heavy (non-hydrogen) atoms. The summed E-state index contributed by atoms with van der Waals surface area (Å²) in [6, 6.07) is 8.67. The van der Waals surface area contributed by atoms with Gasteiger partial charge < -0.3 is 10.0 Å². The molecule has 0 aliphatic heterocycles. The van der Waals surface area contributed by atoms with Gasteiger partial charge in [-0.25, -0.2) is 0 Å². The van der Waals surface area contributed by atoms with Crippen LogP contribution in [-0.2, 0) is 6.54 Å². The van der Waals surface area contributed by atoms with Crippen molar-refractivity contribution in [1.29, 1.82) is 0 Å². The summed E-state index contributed by atoms with van der Waals surface area (Å²) >= 11 is 0. The van der Waals surface area contributed by atoms with Gasteiger partial charge in [0.25, 0.3) is 0 Å². The maximum absolute atomic E-state index is 9.17. The highest BCUT2D eigenvalue weighted by Crippen LogP contribution is 2.08. The SMILES string of the molecule is Cc1cccc(CN(C)CCCCC(C)O)c1. The van der Waals surface area contributed by atoms with E-state index in [1.807, 2.05) is 6.92 Å². The fourth-order valence-corrected chi connectivity index (χ4v) is 2.02. The van der Waals surface area contributed by atoms with Gasteiger partial charge >= 0.3 is 0 Å². The Labute approximate surface area is 105 Å². The van der Waals surface area contributed by atoms with Gasteiger partial charge in [-0.2, -0.15) is 0 Å². The Hall–Kier alpha value is -0.860. The van der Waals surface area contributed by atoms with E-state index in [1.165, 1.54) is 11.1 Å². The Morgan fingerprint density at radius 2 is 2.06 bits per heavy atom. The molecule has 1 atom stereocenters. The molecule has 0 aromatic heterocycles. The average Bonchev–Trinajstić information content (AvgIpc) is 2.24. The summed E-state index contributed by atoms with van der Waals surface area (Å²) in [5.74, 6) is 0. The fourth-order valence-electron chi connectivity index (χ4n) is 2.02. The molecule has 0 fully saturated rings. The molecule has 0 spiro atoms. The fraction of sp³-hybridized carbons (Fsp3) is 0.600. The summed E-state index contributed by atoms with van der Waals surface area (Å²) in [5, 5.41) is 9.17. The predicted octanol–water partition coefficient (Wildman–Crippen LogP) is 2.98. The van der Waals surface area contributed by atoms with Gasteiger partial charge in [0.2, 0.25) is 0 Å². The summed E-state index contributed by atoms with van der Waals surface area (Å²) in [6.07, 6.45) is 3.03. The zero-order chi connectivity index (χ0) is 12.7. The van der Waals surface area contributed by atoms with Crippen LogP contribution in [0.25, 0.3) is 0 Å². The van der Waals surface area contributed by atoms with Crippen LogP contribution in [0.15, 0.2) is 24.3 Å². The normalized spacial score (nSPS) is 13.0. The van der Waals surface area contributed by atoms with Gasteiger partial charge in [-0.15, -0.1) is 0 Å². The zero-order valence-electron chi connectivity index (χ0n) is 11.3. The van der Waals surface area contributed by atoms with Crippen molar-refractivity contribution < 1.29 is 5.11 Å². The Bertz CT molecular complexity index is 322. The number of hydrogen-bond donors (Lipinski definition) is 1. The van der Waals surface area contributed by atoms with Crippen LogP contribution in [0.4, 0.5) is 0 Å². The lowest BCUT2D eigenvalue weighted by molar-refractivity contribution is 0.178. The van der Waals surface area contributed by atoms with E-state index in [0.717, 1.165) is 32.4 Å². The van der Waals surface area contributed by atoms with E-state index >= 15 is 0 Å². The highest BCUT2D eigenvalue weighted by Gasteiger charge is 2.01. The van der Waals surface area contributed by atoms with Gasteiger partial charge in [-0.1, -0.05) is 29.8 Å². The van der Waals surface area contributed by atoms with Crippen molar-refractivity contribution in [3.8, 4) is 0 Å². The number of nitrogens with zero attached hydrogens (tertiary/aromatic N) is 1. The number of unbranched alkanes of at least 4 members (excludes halogenated alkanes) is 1. The van der Waals surface area contributed by atoms with Gasteiger partial charge in [-0.05, 0) is 52.3 Å². The Balaban J connectivity index is 2.23. The van der Waals surface area contributed by atoms with Crippen LogP contribution in [0.2, 0.25) is 0 Å². The quantitative estimate of drug-likeness (QED) is 0.734. The first-order valence-electron chi connectivity index (χ1n) is 6.50. The lowest BCUT2D eigenvalue weighted by Gasteiger charge is -2.17. The topological polar surface area (TPSA) is 23.5 Å². The van der Waals surface area contributed by atoms with Crippen molar-refractivity contribution in [3.63, 3.8) is 0 Å². The number of hydrogen-bond acceptors (Lipinski definition) is 2. The molecule has 1 rings (SSSR count). The van der Waals surface area contributed by atoms with Crippen molar-refractivity contribution in [1.82, 2.24) is 4.90 Å². The van der Waals surface area contributed by atoms with E-state index in [0.29, 0.717) is 0 Å². The maximum Gasteiger partial charge on any atom is 0.0512 e. The predicted molar refractivity (Wildman–Crippen MR) is 73.0 cm³/mol. The Morgan fingerprint density at radius 3 is 2.71 bits per heavy atom. The summed E-state index contributed by atoms with van der Waals surface area (Å²) < 4.78 is 0. The first kappa shape index (κ1) is 14.2. The second kappa shape index (κ2) is 7.46. The highest BCUT2D eigenvalue weighted by molar-refractivity contribution is 5.21. The van der Waals surface area contributed by atoms with Gasteiger partial charge in [-0.3, -0.25) is 0 Å². The third-order valence-electron chi connectivity index (χ3n) is 2.95. The molecule has 1 aromatic carbocycles. The smallest absolute Gasteiger partial charge is 0.0512 e. The molecular weight excluding hydrogens is 210 g/mol. The molecule has 1 unspecified atom stereocenters. The number of aliphatic hydroxyl groups excluding tert-OH is 1. The molecule has 0 radical (unpaired) electrons. The second-order valence-corrected chi connectivity index (χ2v) is 5.07. The third-order valence-corrected chi connectivity index (χ3v) is 2.95. The summed E-state index contributed by atoms with van der Waals surface area (Å²) in [5.41, 5.74) is 2.70. The van der Waals surface area contributed by atoms with Gasteiger partial charge in [0.15, 0.2) is 0 Å². The zero-order valence-corrected chi connectivity index (χ0v) is 11.3. The molecule has 96 valence electrons. The van der Waals surface area contributed by atoms with Crippen LogP contribution in [0.3, 0.4) is 0 Å². The molecule has 2 heteroatoms. The second-order valence-electron chi connectivity index (χ2n) is 5.07. The van der Waals surface area contributed by atoms with Crippen LogP contribution in [0, 0.1) is 6.92 Å². The van der Waals surface area contributed by atoms with E-state index in [4.69, 9.17) is 5.11 Å². The molecule has 0 heterocycles. The molecule has 0 saturated carbocycles. The maximum atomic E-state index is 9.17. The van der Waals surface area contributed by atoms with Crippen LogP contribution in [0.1, 0.15) is 37.3 Å². The number of aryl methyl sites for hydroxylation is 1. The lowest BCUT2D eigenvalue weighted by Crippen LogP contribution is -2.19. The van der Waals surface area contributed by atoms with Crippen molar-refractivity contribution in [2.75, 3.05) is 13.6 Å². The minimum atomic E-state index is -0.155. The van der Waals surface area contributed by atoms with E-state index in [9.17, 15) is 0 Å². The first-order chi connectivity index (χ1) is 8.08.